The highest BCUT2D eigenvalue weighted by molar-refractivity contribution is 8.16. The van der Waals surface area contributed by atoms with E-state index in [2.05, 4.69) is 22.4 Å². The lowest BCUT2D eigenvalue weighted by molar-refractivity contribution is -0.123. The van der Waals surface area contributed by atoms with Crippen LogP contribution < -0.4 is 10.1 Å². The SMILES string of the molecule is Cc1cccc(CNC(=O)COc2ccc(C3SCCCS3)cc2)n1. The van der Waals surface area contributed by atoms with Crippen molar-refractivity contribution in [2.75, 3.05) is 18.1 Å². The molecule has 1 amide bonds. The summed E-state index contributed by atoms with van der Waals surface area (Å²) in [6.07, 6.45) is 1.29. The van der Waals surface area contributed by atoms with E-state index in [9.17, 15) is 4.79 Å². The number of aromatic nitrogens is 1. The van der Waals surface area contributed by atoms with Crippen molar-refractivity contribution >= 4 is 29.4 Å². The van der Waals surface area contributed by atoms with Crippen molar-refractivity contribution in [3.63, 3.8) is 0 Å². The van der Waals surface area contributed by atoms with E-state index < -0.39 is 0 Å². The minimum atomic E-state index is -0.147. The van der Waals surface area contributed by atoms with Gasteiger partial charge in [0.1, 0.15) is 5.75 Å². The maximum Gasteiger partial charge on any atom is 0.258 e. The number of rotatable bonds is 6. The number of pyridine rings is 1. The van der Waals surface area contributed by atoms with Crippen LogP contribution in [0.4, 0.5) is 0 Å². The topological polar surface area (TPSA) is 51.2 Å². The molecule has 1 aromatic carbocycles. The van der Waals surface area contributed by atoms with Crippen LogP contribution in [0.2, 0.25) is 0 Å². The van der Waals surface area contributed by atoms with Gasteiger partial charge in [0.2, 0.25) is 0 Å². The van der Waals surface area contributed by atoms with Gasteiger partial charge in [-0.1, -0.05) is 18.2 Å². The van der Waals surface area contributed by atoms with Gasteiger partial charge in [-0.05, 0) is 54.7 Å². The second-order valence-electron chi connectivity index (χ2n) is 5.83. The van der Waals surface area contributed by atoms with Crippen molar-refractivity contribution in [2.24, 2.45) is 0 Å². The second kappa shape index (κ2) is 9.15. The lowest BCUT2D eigenvalue weighted by Crippen LogP contribution is -2.28. The average molecular weight is 375 g/mol. The summed E-state index contributed by atoms with van der Waals surface area (Å²) in [4.78, 5) is 16.3. The molecule has 0 spiro atoms. The number of nitrogens with zero attached hydrogens (tertiary/aromatic N) is 1. The molecule has 1 aliphatic rings. The van der Waals surface area contributed by atoms with E-state index in [1.807, 2.05) is 60.8 Å². The molecule has 0 atom stereocenters. The molecule has 132 valence electrons. The molecule has 1 N–H and O–H groups in total. The van der Waals surface area contributed by atoms with Gasteiger partial charge in [0, 0.05) is 5.69 Å². The number of benzene rings is 1. The molecule has 25 heavy (non-hydrogen) atoms. The largest absolute Gasteiger partial charge is 0.484 e. The Morgan fingerprint density at radius 2 is 1.96 bits per heavy atom. The number of carbonyl (C=O) groups excluding carboxylic acids is 1. The molecule has 3 rings (SSSR count). The Morgan fingerprint density at radius 3 is 2.68 bits per heavy atom. The summed E-state index contributed by atoms with van der Waals surface area (Å²) in [5.41, 5.74) is 3.11. The summed E-state index contributed by atoms with van der Waals surface area (Å²) in [6, 6.07) is 13.8. The Labute approximate surface area is 157 Å². The average Bonchev–Trinajstić information content (AvgIpc) is 2.66. The quantitative estimate of drug-likeness (QED) is 0.830. The predicted octanol–water partition coefficient (Wildman–Crippen LogP) is 3.95. The molecule has 1 saturated heterocycles. The number of ether oxygens (including phenoxy) is 1. The molecule has 0 bridgehead atoms. The first-order chi connectivity index (χ1) is 12.2. The molecule has 1 fully saturated rings. The van der Waals surface area contributed by atoms with Crippen LogP contribution in [0.25, 0.3) is 0 Å². The minimum absolute atomic E-state index is 0.0120. The van der Waals surface area contributed by atoms with E-state index in [0.717, 1.165) is 17.1 Å². The fraction of sp³-hybridized carbons (Fsp3) is 0.368. The molecule has 0 unspecified atom stereocenters. The van der Waals surface area contributed by atoms with Gasteiger partial charge in [-0.2, -0.15) is 0 Å². The van der Waals surface area contributed by atoms with Crippen molar-refractivity contribution < 1.29 is 9.53 Å². The van der Waals surface area contributed by atoms with Gasteiger partial charge in [0.15, 0.2) is 6.61 Å². The number of aryl methyl sites for hydroxylation is 1. The van der Waals surface area contributed by atoms with Gasteiger partial charge in [-0.15, -0.1) is 23.5 Å². The first kappa shape index (κ1) is 18.1. The van der Waals surface area contributed by atoms with Crippen molar-refractivity contribution in [3.8, 4) is 5.75 Å². The standard InChI is InChI=1S/C19H22N2O2S2/c1-14-4-2-5-16(21-14)12-20-18(22)13-23-17-8-6-15(7-9-17)19-24-10-3-11-25-19/h2,4-9,19H,3,10-13H2,1H3,(H,20,22). The van der Waals surface area contributed by atoms with E-state index in [0.29, 0.717) is 11.1 Å². The molecular formula is C19H22N2O2S2. The van der Waals surface area contributed by atoms with Crippen LogP contribution >= 0.6 is 23.5 Å². The third-order valence-electron chi connectivity index (χ3n) is 3.76. The number of hydrogen-bond acceptors (Lipinski definition) is 5. The van der Waals surface area contributed by atoms with E-state index >= 15 is 0 Å². The van der Waals surface area contributed by atoms with Crippen LogP contribution in [-0.2, 0) is 11.3 Å². The Morgan fingerprint density at radius 1 is 1.20 bits per heavy atom. The summed E-state index contributed by atoms with van der Waals surface area (Å²) < 4.78 is 6.10. The third-order valence-corrected chi connectivity index (χ3v) is 6.78. The summed E-state index contributed by atoms with van der Waals surface area (Å²) in [5.74, 6) is 3.03. The van der Waals surface area contributed by atoms with Crippen LogP contribution in [0.1, 0.15) is 28.0 Å². The molecule has 6 heteroatoms. The molecule has 1 aromatic heterocycles. The number of hydrogen-bond donors (Lipinski definition) is 1. The normalized spacial score (nSPS) is 14.9. The highest BCUT2D eigenvalue weighted by Crippen LogP contribution is 2.43. The molecule has 0 radical (unpaired) electrons. The van der Waals surface area contributed by atoms with Gasteiger partial charge >= 0.3 is 0 Å². The highest BCUT2D eigenvalue weighted by atomic mass is 32.2. The first-order valence-electron chi connectivity index (χ1n) is 8.36. The zero-order valence-electron chi connectivity index (χ0n) is 14.2. The summed E-state index contributed by atoms with van der Waals surface area (Å²) in [5, 5.41) is 2.83. The zero-order valence-corrected chi connectivity index (χ0v) is 15.9. The molecule has 4 nitrogen and oxygen atoms in total. The van der Waals surface area contributed by atoms with Crippen LogP contribution in [0, 0.1) is 6.92 Å². The maximum absolute atomic E-state index is 11.9. The van der Waals surface area contributed by atoms with Crippen molar-refractivity contribution in [1.82, 2.24) is 10.3 Å². The fourth-order valence-electron chi connectivity index (χ4n) is 2.49. The van der Waals surface area contributed by atoms with E-state index in [4.69, 9.17) is 4.74 Å². The fourth-order valence-corrected chi connectivity index (χ4v) is 5.38. The van der Waals surface area contributed by atoms with Gasteiger partial charge < -0.3 is 10.1 Å². The van der Waals surface area contributed by atoms with Gasteiger partial charge in [-0.3, -0.25) is 9.78 Å². The van der Waals surface area contributed by atoms with Crippen LogP contribution in [0.3, 0.4) is 0 Å². The second-order valence-corrected chi connectivity index (χ2v) is 8.56. The highest BCUT2D eigenvalue weighted by Gasteiger charge is 2.16. The Hall–Kier alpha value is -1.66. The van der Waals surface area contributed by atoms with Crippen molar-refractivity contribution in [3.05, 3.63) is 59.4 Å². The minimum Gasteiger partial charge on any atom is -0.484 e. The first-order valence-corrected chi connectivity index (χ1v) is 10.5. The molecular weight excluding hydrogens is 352 g/mol. The lowest BCUT2D eigenvalue weighted by atomic mass is 10.2. The summed E-state index contributed by atoms with van der Waals surface area (Å²) in [7, 11) is 0. The van der Waals surface area contributed by atoms with E-state index in [-0.39, 0.29) is 12.5 Å². The Kier molecular flexibility index (Phi) is 6.64. The zero-order chi connectivity index (χ0) is 17.5. The molecule has 0 aliphatic carbocycles. The van der Waals surface area contributed by atoms with Gasteiger partial charge in [0.05, 0.1) is 16.8 Å². The number of amides is 1. The van der Waals surface area contributed by atoms with Gasteiger partial charge in [0.25, 0.3) is 5.91 Å². The van der Waals surface area contributed by atoms with Gasteiger partial charge in [-0.25, -0.2) is 0 Å². The lowest BCUT2D eigenvalue weighted by Gasteiger charge is -2.21. The van der Waals surface area contributed by atoms with Crippen LogP contribution in [-0.4, -0.2) is 29.0 Å². The molecule has 2 aromatic rings. The smallest absolute Gasteiger partial charge is 0.258 e. The van der Waals surface area contributed by atoms with Crippen molar-refractivity contribution in [1.29, 1.82) is 0 Å². The number of carbonyl (C=O) groups is 1. The summed E-state index contributed by atoms with van der Waals surface area (Å²) in [6.45, 7) is 2.36. The van der Waals surface area contributed by atoms with Crippen LogP contribution in [0.15, 0.2) is 42.5 Å². The summed E-state index contributed by atoms with van der Waals surface area (Å²) >= 11 is 4.00. The third kappa shape index (κ3) is 5.68. The Bertz CT molecular complexity index is 701. The molecule has 1 aliphatic heterocycles. The monoisotopic (exact) mass is 374 g/mol. The number of nitrogens with one attached hydrogen (secondary N) is 1. The number of thioether (sulfide) groups is 2. The maximum atomic E-state index is 11.9. The van der Waals surface area contributed by atoms with E-state index in [1.165, 1.54) is 23.5 Å². The Balaban J connectivity index is 1.43. The predicted molar refractivity (Wildman–Crippen MR) is 105 cm³/mol. The van der Waals surface area contributed by atoms with Crippen LogP contribution in [0.5, 0.6) is 5.75 Å². The molecule has 0 saturated carbocycles. The molecule has 2 heterocycles. The van der Waals surface area contributed by atoms with E-state index in [1.54, 1.807) is 0 Å². The van der Waals surface area contributed by atoms with Crippen molar-refractivity contribution in [2.45, 2.75) is 24.5 Å².